The van der Waals surface area contributed by atoms with Gasteiger partial charge in [0.15, 0.2) is 0 Å². The number of amidine groups is 1. The van der Waals surface area contributed by atoms with Crippen molar-refractivity contribution < 1.29 is 9.31 Å². The second kappa shape index (κ2) is 6.01. The summed E-state index contributed by atoms with van der Waals surface area (Å²) in [4.78, 5) is 8.38. The Balaban J connectivity index is 2.84. The number of hydrogen-bond donors (Lipinski definition) is 0. The molecule has 0 aromatic heterocycles. The number of hydrogen-bond acceptors (Lipinski definition) is 3. The minimum atomic E-state index is -0.346. The van der Waals surface area contributed by atoms with Gasteiger partial charge in [-0.2, -0.15) is 0 Å². The first-order valence-corrected chi connectivity index (χ1v) is 6.71. The number of nitrogens with zero attached hydrogens (tertiary/aromatic N) is 2. The molecule has 4 nitrogen and oxygen atoms in total. The Labute approximate surface area is 117 Å². The number of aliphatic imine (C=N–C) groups is 2. The van der Waals surface area contributed by atoms with Gasteiger partial charge in [0.25, 0.3) is 0 Å². The molecule has 0 N–H and O–H groups in total. The smallest absolute Gasteiger partial charge is 0.402 e. The van der Waals surface area contributed by atoms with Crippen LogP contribution in [0.25, 0.3) is 0 Å². The van der Waals surface area contributed by atoms with Crippen molar-refractivity contribution in [3.05, 3.63) is 11.7 Å². The summed E-state index contributed by atoms with van der Waals surface area (Å²) in [5.41, 5.74) is 0.565. The van der Waals surface area contributed by atoms with Crippen LogP contribution in [0.5, 0.6) is 0 Å². The van der Waals surface area contributed by atoms with Crippen LogP contribution in [0.15, 0.2) is 21.7 Å². The minimum absolute atomic E-state index is 0.193. The molecule has 0 unspecified atom stereocenters. The average Bonchev–Trinajstić information content (AvgIpc) is 2.22. The van der Waals surface area contributed by atoms with Gasteiger partial charge in [-0.3, -0.25) is 0 Å². The quantitative estimate of drug-likeness (QED) is 0.435. The summed E-state index contributed by atoms with van der Waals surface area (Å²) in [5.74, 6) is 0.719. The highest BCUT2D eigenvalue weighted by Gasteiger charge is 2.43. The Bertz CT molecular complexity index is 396. The normalized spacial score (nSPS) is 24.1. The third-order valence-electron chi connectivity index (χ3n) is 2.85. The summed E-state index contributed by atoms with van der Waals surface area (Å²) in [6.45, 7) is 14.1. The maximum atomic E-state index is 5.97. The Morgan fingerprint density at radius 1 is 1.11 bits per heavy atom. The van der Waals surface area contributed by atoms with E-state index in [9.17, 15) is 0 Å². The summed E-state index contributed by atoms with van der Waals surface area (Å²) in [6, 6.07) is 0. The van der Waals surface area contributed by atoms with Gasteiger partial charge in [0.1, 0.15) is 5.84 Å². The van der Waals surface area contributed by atoms with Gasteiger partial charge in [-0.15, -0.1) is 0 Å². The van der Waals surface area contributed by atoms with Gasteiger partial charge in [0, 0.05) is 18.8 Å². The van der Waals surface area contributed by atoms with Crippen molar-refractivity contribution in [3.8, 4) is 0 Å². The van der Waals surface area contributed by atoms with Crippen LogP contribution in [0, 0.1) is 0 Å². The van der Waals surface area contributed by atoms with E-state index in [1.165, 1.54) is 0 Å². The Morgan fingerprint density at radius 3 is 2.11 bits per heavy atom. The zero-order valence-electron chi connectivity index (χ0n) is 13.2. The molecule has 1 saturated heterocycles. The van der Waals surface area contributed by atoms with E-state index in [0.717, 1.165) is 17.7 Å². The molecule has 5 heteroatoms. The molecule has 0 spiro atoms. The lowest BCUT2D eigenvalue weighted by Crippen LogP contribution is -2.51. The van der Waals surface area contributed by atoms with Crippen LogP contribution in [0.3, 0.4) is 0 Å². The van der Waals surface area contributed by atoms with Crippen molar-refractivity contribution in [2.75, 3.05) is 0 Å². The average molecular weight is 264 g/mol. The molecule has 1 fully saturated rings. The maximum Gasteiger partial charge on any atom is 0.491 e. The largest absolute Gasteiger partial charge is 0.491 e. The molecule has 1 aliphatic heterocycles. The second-order valence-corrected chi connectivity index (χ2v) is 6.20. The van der Waals surface area contributed by atoms with Crippen molar-refractivity contribution >= 4 is 19.2 Å². The van der Waals surface area contributed by atoms with Crippen molar-refractivity contribution in [1.29, 1.82) is 0 Å². The number of allylic oxidation sites excluding steroid dienone is 1. The lowest BCUT2D eigenvalue weighted by molar-refractivity contribution is -0.0734. The molecular weight excluding hydrogens is 239 g/mol. The van der Waals surface area contributed by atoms with Crippen LogP contribution >= 0.6 is 0 Å². The first kappa shape index (κ1) is 16.1. The van der Waals surface area contributed by atoms with Gasteiger partial charge in [0.05, 0.1) is 11.2 Å². The highest BCUT2D eigenvalue weighted by Crippen LogP contribution is 2.34. The van der Waals surface area contributed by atoms with E-state index in [2.05, 4.69) is 37.7 Å². The fourth-order valence-corrected chi connectivity index (χ4v) is 2.37. The van der Waals surface area contributed by atoms with Crippen molar-refractivity contribution in [2.24, 2.45) is 9.98 Å². The van der Waals surface area contributed by atoms with Crippen molar-refractivity contribution in [2.45, 2.75) is 66.1 Å². The minimum Gasteiger partial charge on any atom is -0.402 e. The molecule has 1 heterocycles. The van der Waals surface area contributed by atoms with E-state index >= 15 is 0 Å². The molecule has 0 saturated carbocycles. The maximum absolute atomic E-state index is 5.97. The van der Waals surface area contributed by atoms with E-state index in [0.29, 0.717) is 0 Å². The van der Waals surface area contributed by atoms with Crippen molar-refractivity contribution in [3.63, 3.8) is 0 Å². The third-order valence-corrected chi connectivity index (χ3v) is 2.85. The van der Waals surface area contributed by atoms with E-state index in [-0.39, 0.29) is 18.3 Å². The molecule has 0 atom stereocenters. The molecule has 0 aromatic carbocycles. The van der Waals surface area contributed by atoms with E-state index in [4.69, 9.17) is 9.31 Å². The summed E-state index contributed by atoms with van der Waals surface area (Å²) in [6.07, 6.45) is 4.36. The monoisotopic (exact) mass is 264 g/mol. The standard InChI is InChI=1S/C14H25BN2O2/c1-8-16-12(3)17-9-11(2)15-18-13(4,5)10-14(6,7)19-15/h8-9H,10H2,1-7H3/b11-9+,16-8?,17-12?. The van der Waals surface area contributed by atoms with Gasteiger partial charge in [-0.1, -0.05) is 0 Å². The lowest BCUT2D eigenvalue weighted by Gasteiger charge is -2.44. The Hall–Kier alpha value is -0.935. The first-order valence-electron chi connectivity index (χ1n) is 6.71. The van der Waals surface area contributed by atoms with Crippen molar-refractivity contribution in [1.82, 2.24) is 0 Å². The Morgan fingerprint density at radius 2 is 1.63 bits per heavy atom. The van der Waals surface area contributed by atoms with Crippen LogP contribution in [-0.2, 0) is 9.31 Å². The van der Waals surface area contributed by atoms with Gasteiger partial charge < -0.3 is 9.31 Å². The summed E-state index contributed by atoms with van der Waals surface area (Å²) < 4.78 is 11.9. The molecule has 0 aromatic rings. The molecule has 1 rings (SSSR count). The zero-order chi connectivity index (χ0) is 14.7. The molecular formula is C14H25BN2O2. The molecule has 0 bridgehead atoms. The summed E-state index contributed by atoms with van der Waals surface area (Å²) in [5, 5.41) is 0. The SMILES string of the molecule is CC=NC(C)=N/C=C(\C)B1OC(C)(C)CC(C)(C)O1. The van der Waals surface area contributed by atoms with Gasteiger partial charge in [0.2, 0.25) is 0 Å². The highest BCUT2D eigenvalue weighted by molar-refractivity contribution is 6.53. The predicted molar refractivity (Wildman–Crippen MR) is 81.7 cm³/mol. The molecule has 0 aliphatic carbocycles. The van der Waals surface area contributed by atoms with E-state index < -0.39 is 0 Å². The topological polar surface area (TPSA) is 43.2 Å². The van der Waals surface area contributed by atoms with E-state index in [1.807, 2.05) is 20.8 Å². The molecule has 19 heavy (non-hydrogen) atoms. The lowest BCUT2D eigenvalue weighted by atomic mass is 9.73. The second-order valence-electron chi connectivity index (χ2n) is 6.20. The van der Waals surface area contributed by atoms with Crippen LogP contribution in [-0.4, -0.2) is 30.4 Å². The fraction of sp³-hybridized carbons (Fsp3) is 0.714. The predicted octanol–water partition coefficient (Wildman–Crippen LogP) is 3.42. The van der Waals surface area contributed by atoms with Gasteiger partial charge in [-0.05, 0) is 53.9 Å². The third kappa shape index (κ3) is 5.29. The van der Waals surface area contributed by atoms with Gasteiger partial charge >= 0.3 is 7.12 Å². The summed E-state index contributed by atoms with van der Waals surface area (Å²) in [7, 11) is -0.346. The first-order chi connectivity index (χ1) is 8.65. The Kier molecular flexibility index (Phi) is 5.10. The van der Waals surface area contributed by atoms with Gasteiger partial charge in [-0.25, -0.2) is 9.98 Å². The highest BCUT2D eigenvalue weighted by atomic mass is 16.6. The molecule has 0 amide bonds. The van der Waals surface area contributed by atoms with Crippen LogP contribution < -0.4 is 0 Å². The molecule has 1 aliphatic rings. The zero-order valence-corrected chi connectivity index (χ0v) is 13.2. The molecule has 106 valence electrons. The van der Waals surface area contributed by atoms with E-state index in [1.54, 1.807) is 12.4 Å². The molecule has 0 radical (unpaired) electrons. The van der Waals surface area contributed by atoms with Crippen LogP contribution in [0.4, 0.5) is 0 Å². The fourth-order valence-electron chi connectivity index (χ4n) is 2.37. The van der Waals surface area contributed by atoms with Crippen LogP contribution in [0.2, 0.25) is 0 Å². The summed E-state index contributed by atoms with van der Waals surface area (Å²) >= 11 is 0. The van der Waals surface area contributed by atoms with Crippen LogP contribution in [0.1, 0.15) is 54.9 Å². The number of rotatable bonds is 2.